The number of hydrogen-bond acceptors (Lipinski definition) is 5. The smallest absolute Gasteiger partial charge is 0.303 e. The van der Waals surface area contributed by atoms with Gasteiger partial charge in [-0.2, -0.15) is 0 Å². The third kappa shape index (κ3) is 6.17. The number of fused-ring (bicyclic) bond motifs is 1. The van der Waals surface area contributed by atoms with Crippen LogP contribution in [0.2, 0.25) is 0 Å². The van der Waals surface area contributed by atoms with Gasteiger partial charge in [0.25, 0.3) is 0 Å². The van der Waals surface area contributed by atoms with Gasteiger partial charge in [0.2, 0.25) is 0 Å². The lowest BCUT2D eigenvalue weighted by Crippen LogP contribution is -2.39. The van der Waals surface area contributed by atoms with Gasteiger partial charge in [-0.15, -0.1) is 0 Å². The van der Waals surface area contributed by atoms with Gasteiger partial charge in [0.1, 0.15) is 11.9 Å². The summed E-state index contributed by atoms with van der Waals surface area (Å²) in [6.45, 7) is 9.84. The molecule has 0 aromatic heterocycles. The Bertz CT molecular complexity index is 751. The molecule has 1 aliphatic carbocycles. The largest absolute Gasteiger partial charge is 0.497 e. The Labute approximate surface area is 174 Å². The molecule has 2 rings (SSSR count). The minimum atomic E-state index is -0.917. The fourth-order valence-electron chi connectivity index (χ4n) is 3.58. The maximum Gasteiger partial charge on any atom is 0.303 e. The van der Waals surface area contributed by atoms with Crippen molar-refractivity contribution in [2.24, 2.45) is 0 Å². The lowest BCUT2D eigenvalue weighted by atomic mass is 9.86. The second kappa shape index (κ2) is 10.1. The van der Waals surface area contributed by atoms with E-state index >= 15 is 0 Å². The van der Waals surface area contributed by atoms with E-state index in [0.29, 0.717) is 12.2 Å². The highest BCUT2D eigenvalue weighted by Crippen LogP contribution is 2.49. The van der Waals surface area contributed by atoms with E-state index in [1.165, 1.54) is 36.8 Å². The summed E-state index contributed by atoms with van der Waals surface area (Å²) in [6, 6.07) is 0. The van der Waals surface area contributed by atoms with E-state index in [1.807, 2.05) is 0 Å². The number of rotatable bonds is 10. The van der Waals surface area contributed by atoms with Crippen LogP contribution in [0.3, 0.4) is 0 Å². The van der Waals surface area contributed by atoms with Crippen molar-refractivity contribution in [2.45, 2.75) is 84.5 Å². The summed E-state index contributed by atoms with van der Waals surface area (Å²) in [5.74, 6) is -0.199. The number of epoxide rings is 1. The molecule has 2 aliphatic rings. The average molecular weight is 403 g/mol. The standard InChI is InChI=1S/C24H34O5/c1-16(2)9-7-10-17(3)11-8-12-18(4)13-14-24-21(26)15-20(27-6)22(23(24)29-24)28-19(5)25/h9,11,13,15,22-23H,7-8,10,12,14H2,1-6H3. The molecule has 0 saturated carbocycles. The number of methoxy groups -OCH3 is 1. The zero-order valence-corrected chi connectivity index (χ0v) is 18.5. The number of ether oxygens (including phenoxy) is 3. The Morgan fingerprint density at radius 1 is 1.07 bits per heavy atom. The summed E-state index contributed by atoms with van der Waals surface area (Å²) >= 11 is 0. The highest BCUT2D eigenvalue weighted by atomic mass is 16.7. The van der Waals surface area contributed by atoms with Crippen LogP contribution in [-0.4, -0.2) is 36.7 Å². The fourth-order valence-corrected chi connectivity index (χ4v) is 3.58. The molecule has 0 spiro atoms. The summed E-state index contributed by atoms with van der Waals surface area (Å²) in [4.78, 5) is 24.0. The van der Waals surface area contributed by atoms with E-state index < -0.39 is 23.8 Å². The van der Waals surface area contributed by atoms with Crippen LogP contribution in [0.4, 0.5) is 0 Å². The number of allylic oxidation sites excluding steroid dienone is 5. The van der Waals surface area contributed by atoms with Crippen LogP contribution in [0.5, 0.6) is 0 Å². The Morgan fingerprint density at radius 3 is 2.28 bits per heavy atom. The number of hydrogen-bond donors (Lipinski definition) is 0. The van der Waals surface area contributed by atoms with Gasteiger partial charge in [-0.3, -0.25) is 9.59 Å². The van der Waals surface area contributed by atoms with Crippen molar-refractivity contribution in [3.05, 3.63) is 46.8 Å². The zero-order chi connectivity index (χ0) is 21.6. The minimum Gasteiger partial charge on any atom is -0.497 e. The zero-order valence-electron chi connectivity index (χ0n) is 18.5. The van der Waals surface area contributed by atoms with Gasteiger partial charge < -0.3 is 14.2 Å². The Balaban J connectivity index is 1.90. The molecule has 160 valence electrons. The SMILES string of the molecule is COC1=CC(=O)C2(CC=C(C)CCC=C(C)CCC=C(C)C)OC2C1OC(C)=O. The summed E-state index contributed by atoms with van der Waals surface area (Å²) in [7, 11) is 1.46. The second-order valence-electron chi connectivity index (χ2n) is 8.24. The number of esters is 1. The van der Waals surface area contributed by atoms with E-state index in [9.17, 15) is 9.59 Å². The molecular formula is C24H34O5. The molecule has 0 N–H and O–H groups in total. The first-order valence-electron chi connectivity index (χ1n) is 10.3. The van der Waals surface area contributed by atoms with E-state index in [1.54, 1.807) is 0 Å². The molecule has 1 aliphatic heterocycles. The molecule has 5 heteroatoms. The third-order valence-electron chi connectivity index (χ3n) is 5.39. The first-order chi connectivity index (χ1) is 13.7. The molecule has 5 nitrogen and oxygen atoms in total. The molecule has 0 amide bonds. The van der Waals surface area contributed by atoms with Crippen LogP contribution in [0.15, 0.2) is 46.8 Å². The molecule has 1 saturated heterocycles. The van der Waals surface area contributed by atoms with Crippen LogP contribution in [0, 0.1) is 0 Å². The minimum absolute atomic E-state index is 0.123. The Hall–Kier alpha value is -2.14. The van der Waals surface area contributed by atoms with Crippen LogP contribution >= 0.6 is 0 Å². The predicted octanol–water partition coefficient (Wildman–Crippen LogP) is 4.98. The average Bonchev–Trinajstić information content (AvgIpc) is 3.38. The van der Waals surface area contributed by atoms with Gasteiger partial charge in [0.15, 0.2) is 17.5 Å². The fraction of sp³-hybridized carbons (Fsp3) is 0.583. The van der Waals surface area contributed by atoms with Gasteiger partial charge in [0, 0.05) is 19.4 Å². The van der Waals surface area contributed by atoms with Crippen LogP contribution in [0.1, 0.15) is 66.7 Å². The van der Waals surface area contributed by atoms with E-state index in [2.05, 4.69) is 45.9 Å². The molecule has 29 heavy (non-hydrogen) atoms. The lowest BCUT2D eigenvalue weighted by Gasteiger charge is -2.23. The van der Waals surface area contributed by atoms with Crippen molar-refractivity contribution in [3.8, 4) is 0 Å². The van der Waals surface area contributed by atoms with Crippen molar-refractivity contribution >= 4 is 11.8 Å². The van der Waals surface area contributed by atoms with Gasteiger partial charge in [0.05, 0.1) is 7.11 Å². The highest BCUT2D eigenvalue weighted by Gasteiger charge is 2.68. The molecule has 0 aromatic carbocycles. The van der Waals surface area contributed by atoms with E-state index in [4.69, 9.17) is 14.2 Å². The first-order valence-corrected chi connectivity index (χ1v) is 10.3. The second-order valence-corrected chi connectivity index (χ2v) is 8.24. The number of carbonyl (C=O) groups is 2. The molecular weight excluding hydrogens is 368 g/mol. The highest BCUT2D eigenvalue weighted by molar-refractivity contribution is 6.02. The van der Waals surface area contributed by atoms with Crippen LogP contribution in [-0.2, 0) is 23.8 Å². The van der Waals surface area contributed by atoms with Gasteiger partial charge in [-0.25, -0.2) is 0 Å². The molecule has 0 aromatic rings. The van der Waals surface area contributed by atoms with Crippen molar-refractivity contribution < 1.29 is 23.8 Å². The molecule has 3 unspecified atom stereocenters. The van der Waals surface area contributed by atoms with Crippen molar-refractivity contribution in [1.82, 2.24) is 0 Å². The van der Waals surface area contributed by atoms with Crippen molar-refractivity contribution in [2.75, 3.05) is 7.11 Å². The molecule has 1 fully saturated rings. The van der Waals surface area contributed by atoms with Gasteiger partial charge in [-0.1, -0.05) is 34.9 Å². The number of ketones is 1. The van der Waals surface area contributed by atoms with E-state index in [0.717, 1.165) is 25.7 Å². The molecule has 1 heterocycles. The molecule has 0 radical (unpaired) electrons. The summed E-state index contributed by atoms with van der Waals surface area (Å²) in [5, 5.41) is 0. The van der Waals surface area contributed by atoms with E-state index in [-0.39, 0.29) is 5.78 Å². The van der Waals surface area contributed by atoms with Crippen LogP contribution < -0.4 is 0 Å². The first kappa shape index (κ1) is 23.1. The third-order valence-corrected chi connectivity index (χ3v) is 5.39. The maximum absolute atomic E-state index is 12.6. The molecule has 3 atom stereocenters. The predicted molar refractivity (Wildman–Crippen MR) is 113 cm³/mol. The molecule has 0 bridgehead atoms. The van der Waals surface area contributed by atoms with Crippen molar-refractivity contribution in [1.29, 1.82) is 0 Å². The van der Waals surface area contributed by atoms with Crippen molar-refractivity contribution in [3.63, 3.8) is 0 Å². The van der Waals surface area contributed by atoms with Gasteiger partial charge >= 0.3 is 5.97 Å². The topological polar surface area (TPSA) is 65.1 Å². The monoisotopic (exact) mass is 402 g/mol. The summed E-state index contributed by atoms with van der Waals surface area (Å²) in [6.07, 6.45) is 11.5. The lowest BCUT2D eigenvalue weighted by molar-refractivity contribution is -0.147. The Morgan fingerprint density at radius 2 is 1.69 bits per heavy atom. The Kier molecular flexibility index (Phi) is 8.03. The maximum atomic E-state index is 12.6. The number of carbonyl (C=O) groups excluding carboxylic acids is 2. The quantitative estimate of drug-likeness (QED) is 0.293. The van der Waals surface area contributed by atoms with Crippen LogP contribution in [0.25, 0.3) is 0 Å². The summed E-state index contributed by atoms with van der Waals surface area (Å²) < 4.78 is 16.3. The normalized spacial score (nSPS) is 26.4. The summed E-state index contributed by atoms with van der Waals surface area (Å²) in [5.41, 5.74) is 3.07. The van der Waals surface area contributed by atoms with Gasteiger partial charge in [-0.05, 0) is 53.4 Å².